The van der Waals surface area contributed by atoms with E-state index >= 15 is 0 Å². The Morgan fingerprint density at radius 1 is 1.10 bits per heavy atom. The van der Waals surface area contributed by atoms with Crippen molar-refractivity contribution in [3.8, 4) is 0 Å². The summed E-state index contributed by atoms with van der Waals surface area (Å²) < 4.78 is 0. The SMILES string of the molecule is CC(C)N1CCC2(CC1)NC(=O)N([C@@H]1CCCN(C(=O)c3ccccc3)C1)C2=O. The van der Waals surface area contributed by atoms with Crippen molar-refractivity contribution in [2.45, 2.75) is 57.2 Å². The van der Waals surface area contributed by atoms with E-state index in [1.165, 1.54) is 4.90 Å². The molecule has 1 N–H and O–H groups in total. The molecule has 4 amide bonds. The maximum atomic E-state index is 13.3. The lowest BCUT2D eigenvalue weighted by Gasteiger charge is -2.40. The third-order valence-corrected chi connectivity index (χ3v) is 6.64. The molecule has 1 aromatic rings. The highest BCUT2D eigenvalue weighted by atomic mass is 16.2. The molecule has 7 nitrogen and oxygen atoms in total. The third-order valence-electron chi connectivity index (χ3n) is 6.64. The number of nitrogens with one attached hydrogen (secondary N) is 1. The minimum absolute atomic E-state index is 0.0395. The van der Waals surface area contributed by atoms with Gasteiger partial charge in [-0.25, -0.2) is 4.79 Å². The molecular weight excluding hydrogens is 368 g/mol. The first kappa shape index (κ1) is 19.9. The number of likely N-dealkylation sites (tertiary alicyclic amines) is 2. The van der Waals surface area contributed by atoms with Crippen molar-refractivity contribution < 1.29 is 14.4 Å². The van der Waals surface area contributed by atoms with E-state index in [4.69, 9.17) is 0 Å². The largest absolute Gasteiger partial charge is 0.337 e. The summed E-state index contributed by atoms with van der Waals surface area (Å²) in [6, 6.07) is 9.06. The second kappa shape index (κ2) is 7.78. The van der Waals surface area contributed by atoms with Crippen molar-refractivity contribution in [3.05, 3.63) is 35.9 Å². The van der Waals surface area contributed by atoms with Crippen LogP contribution in [0.4, 0.5) is 4.79 Å². The number of imide groups is 1. The summed E-state index contributed by atoms with van der Waals surface area (Å²) in [7, 11) is 0. The Labute approximate surface area is 172 Å². The Bertz CT molecular complexity index is 787. The van der Waals surface area contributed by atoms with Gasteiger partial charge in [0.25, 0.3) is 11.8 Å². The van der Waals surface area contributed by atoms with Crippen molar-refractivity contribution >= 4 is 17.8 Å². The normalized spacial score (nSPS) is 25.0. The first-order chi connectivity index (χ1) is 13.9. The molecule has 1 aromatic carbocycles. The zero-order chi connectivity index (χ0) is 20.6. The first-order valence-corrected chi connectivity index (χ1v) is 10.7. The van der Waals surface area contributed by atoms with Gasteiger partial charge in [-0.3, -0.25) is 14.5 Å². The van der Waals surface area contributed by atoms with Gasteiger partial charge in [-0.05, 0) is 51.7 Å². The molecule has 1 atom stereocenters. The summed E-state index contributed by atoms with van der Waals surface area (Å²) in [5, 5.41) is 3.01. The summed E-state index contributed by atoms with van der Waals surface area (Å²) in [6.45, 7) is 6.98. The van der Waals surface area contributed by atoms with Crippen molar-refractivity contribution in [3.63, 3.8) is 0 Å². The monoisotopic (exact) mass is 398 g/mol. The maximum Gasteiger partial charge on any atom is 0.325 e. The van der Waals surface area contributed by atoms with E-state index < -0.39 is 5.54 Å². The average Bonchev–Trinajstić information content (AvgIpc) is 2.97. The number of carbonyl (C=O) groups is 3. The number of hydrogen-bond donors (Lipinski definition) is 1. The van der Waals surface area contributed by atoms with Gasteiger partial charge in [0.05, 0.1) is 6.04 Å². The minimum Gasteiger partial charge on any atom is -0.337 e. The van der Waals surface area contributed by atoms with Gasteiger partial charge in [0, 0.05) is 37.8 Å². The first-order valence-electron chi connectivity index (χ1n) is 10.7. The summed E-state index contributed by atoms with van der Waals surface area (Å²) in [6.07, 6.45) is 2.82. The highest BCUT2D eigenvalue weighted by Gasteiger charge is 2.54. The maximum absolute atomic E-state index is 13.3. The van der Waals surface area contributed by atoms with E-state index in [-0.39, 0.29) is 23.9 Å². The van der Waals surface area contributed by atoms with Crippen molar-refractivity contribution in [1.82, 2.24) is 20.0 Å². The zero-order valence-corrected chi connectivity index (χ0v) is 17.3. The average molecular weight is 399 g/mol. The summed E-state index contributed by atoms with van der Waals surface area (Å²) in [4.78, 5) is 44.5. The Morgan fingerprint density at radius 3 is 2.45 bits per heavy atom. The van der Waals surface area contributed by atoms with Crippen molar-refractivity contribution in [2.75, 3.05) is 26.2 Å². The number of carbonyl (C=O) groups excluding carboxylic acids is 3. The standard InChI is InChI=1S/C22H30N4O3/c1-16(2)24-13-10-22(11-14-24)20(28)26(21(29)23-22)18-9-6-12-25(15-18)19(27)17-7-4-3-5-8-17/h3-5,7-8,16,18H,6,9-15H2,1-2H3,(H,23,29)/t18-/m1/s1. The molecule has 0 saturated carbocycles. The molecule has 3 heterocycles. The molecule has 3 aliphatic rings. The fourth-order valence-corrected chi connectivity index (χ4v) is 4.85. The lowest BCUT2D eigenvalue weighted by atomic mass is 9.86. The number of nitrogens with zero attached hydrogens (tertiary/aromatic N) is 3. The van der Waals surface area contributed by atoms with Crippen LogP contribution >= 0.6 is 0 Å². The number of benzene rings is 1. The van der Waals surface area contributed by atoms with Crippen LogP contribution in [0.25, 0.3) is 0 Å². The van der Waals surface area contributed by atoms with Gasteiger partial charge in [-0.2, -0.15) is 0 Å². The predicted octanol–water partition coefficient (Wildman–Crippen LogP) is 2.09. The smallest absolute Gasteiger partial charge is 0.325 e. The summed E-state index contributed by atoms with van der Waals surface area (Å²) in [5.41, 5.74) is -0.128. The number of piperidine rings is 2. The zero-order valence-electron chi connectivity index (χ0n) is 17.3. The van der Waals surface area contributed by atoms with Crippen LogP contribution in [0.5, 0.6) is 0 Å². The molecular formula is C22H30N4O3. The molecule has 156 valence electrons. The fraction of sp³-hybridized carbons (Fsp3) is 0.591. The molecule has 0 unspecified atom stereocenters. The highest BCUT2D eigenvalue weighted by Crippen LogP contribution is 2.33. The quantitative estimate of drug-likeness (QED) is 0.792. The van der Waals surface area contributed by atoms with E-state index in [0.717, 1.165) is 25.9 Å². The van der Waals surface area contributed by atoms with E-state index in [0.29, 0.717) is 37.5 Å². The van der Waals surface area contributed by atoms with Gasteiger partial charge >= 0.3 is 6.03 Å². The lowest BCUT2D eigenvalue weighted by molar-refractivity contribution is -0.135. The topological polar surface area (TPSA) is 73.0 Å². The predicted molar refractivity (Wildman–Crippen MR) is 109 cm³/mol. The van der Waals surface area contributed by atoms with E-state index in [1.54, 1.807) is 17.0 Å². The van der Waals surface area contributed by atoms with E-state index in [9.17, 15) is 14.4 Å². The Hall–Kier alpha value is -2.41. The number of urea groups is 1. The fourth-order valence-electron chi connectivity index (χ4n) is 4.85. The number of rotatable bonds is 3. The third kappa shape index (κ3) is 3.64. The number of hydrogen-bond acceptors (Lipinski definition) is 4. The van der Waals surface area contributed by atoms with Gasteiger partial charge in [0.2, 0.25) is 0 Å². The molecule has 3 fully saturated rings. The Kier molecular flexibility index (Phi) is 5.34. The van der Waals surface area contributed by atoms with Crippen LogP contribution in [-0.2, 0) is 4.79 Å². The van der Waals surface area contributed by atoms with Crippen LogP contribution < -0.4 is 5.32 Å². The van der Waals surface area contributed by atoms with Crippen LogP contribution in [0, 0.1) is 0 Å². The molecule has 1 spiro atoms. The van der Waals surface area contributed by atoms with Gasteiger partial charge in [-0.15, -0.1) is 0 Å². The van der Waals surface area contributed by atoms with Crippen LogP contribution in [0.1, 0.15) is 49.9 Å². The van der Waals surface area contributed by atoms with Crippen LogP contribution in [0.2, 0.25) is 0 Å². The second-order valence-electron chi connectivity index (χ2n) is 8.73. The van der Waals surface area contributed by atoms with E-state index in [1.807, 2.05) is 18.2 Å². The van der Waals surface area contributed by atoms with Gasteiger partial charge < -0.3 is 15.1 Å². The minimum atomic E-state index is -0.770. The van der Waals surface area contributed by atoms with Gasteiger partial charge in [0.1, 0.15) is 5.54 Å². The second-order valence-corrected chi connectivity index (χ2v) is 8.73. The van der Waals surface area contributed by atoms with Crippen LogP contribution in [-0.4, -0.2) is 76.3 Å². The molecule has 3 saturated heterocycles. The van der Waals surface area contributed by atoms with Crippen LogP contribution in [0.15, 0.2) is 30.3 Å². The lowest BCUT2D eigenvalue weighted by Crippen LogP contribution is -2.57. The van der Waals surface area contributed by atoms with Crippen molar-refractivity contribution in [1.29, 1.82) is 0 Å². The summed E-state index contributed by atoms with van der Waals surface area (Å²) in [5.74, 6) is -0.146. The summed E-state index contributed by atoms with van der Waals surface area (Å²) >= 11 is 0. The molecule has 0 aromatic heterocycles. The molecule has 7 heteroatoms. The van der Waals surface area contributed by atoms with E-state index in [2.05, 4.69) is 24.1 Å². The van der Waals surface area contributed by atoms with Gasteiger partial charge in [-0.1, -0.05) is 18.2 Å². The molecule has 0 bridgehead atoms. The van der Waals surface area contributed by atoms with Crippen molar-refractivity contribution in [2.24, 2.45) is 0 Å². The molecule has 3 aliphatic heterocycles. The number of amides is 4. The highest BCUT2D eigenvalue weighted by molar-refractivity contribution is 6.07. The Balaban J connectivity index is 1.46. The molecule has 4 rings (SSSR count). The van der Waals surface area contributed by atoms with Crippen LogP contribution in [0.3, 0.4) is 0 Å². The molecule has 0 aliphatic carbocycles. The molecule has 29 heavy (non-hydrogen) atoms. The Morgan fingerprint density at radius 2 is 1.79 bits per heavy atom. The molecule has 0 radical (unpaired) electrons. The van der Waals surface area contributed by atoms with Gasteiger partial charge in [0.15, 0.2) is 0 Å².